The Kier molecular flexibility index (Phi) is 6.93. The average Bonchev–Trinajstić information content (AvgIpc) is 3.10. The molecule has 0 aliphatic heterocycles. The largest absolute Gasteiger partial charge is 0.482 e. The third-order valence-electron chi connectivity index (χ3n) is 5.38. The molecule has 7 nitrogen and oxygen atoms in total. The van der Waals surface area contributed by atoms with Crippen molar-refractivity contribution in [2.75, 3.05) is 6.26 Å². The van der Waals surface area contributed by atoms with E-state index in [2.05, 4.69) is 4.57 Å². The van der Waals surface area contributed by atoms with E-state index < -0.39 is 22.0 Å². The summed E-state index contributed by atoms with van der Waals surface area (Å²) in [5.41, 5.74) is 1.14. The highest BCUT2D eigenvalue weighted by Crippen LogP contribution is 2.25. The molecule has 0 radical (unpaired) electrons. The number of ether oxygens (including phenoxy) is 1. The Balaban J connectivity index is 1.58. The van der Waals surface area contributed by atoms with Crippen LogP contribution in [0.2, 0.25) is 0 Å². The molecule has 1 atom stereocenters. The molecule has 2 N–H and O–H groups in total. The lowest BCUT2D eigenvalue weighted by molar-refractivity contribution is -0.163. The van der Waals surface area contributed by atoms with Crippen molar-refractivity contribution < 1.29 is 27.6 Å². The maximum absolute atomic E-state index is 11.3. The molecule has 0 aliphatic carbocycles. The Morgan fingerprint density at radius 2 is 1.74 bits per heavy atom. The van der Waals surface area contributed by atoms with Crippen LogP contribution in [0, 0.1) is 0 Å². The molecule has 0 bridgehead atoms. The van der Waals surface area contributed by atoms with E-state index in [1.165, 1.54) is 0 Å². The first-order chi connectivity index (χ1) is 14.6. The van der Waals surface area contributed by atoms with E-state index in [1.807, 2.05) is 49.5 Å². The van der Waals surface area contributed by atoms with Crippen LogP contribution >= 0.6 is 0 Å². The highest BCUT2D eigenvalue weighted by Gasteiger charge is 2.32. The second-order valence-electron chi connectivity index (χ2n) is 7.91. The Morgan fingerprint density at radius 3 is 2.35 bits per heavy atom. The van der Waals surface area contributed by atoms with Gasteiger partial charge in [-0.1, -0.05) is 19.1 Å². The van der Waals surface area contributed by atoms with Gasteiger partial charge in [0.1, 0.15) is 11.5 Å². The number of aromatic nitrogens is 1. The first kappa shape index (κ1) is 23.1. The van der Waals surface area contributed by atoms with Crippen LogP contribution in [0.25, 0.3) is 10.9 Å². The van der Waals surface area contributed by atoms with Gasteiger partial charge in [-0.25, -0.2) is 0 Å². The summed E-state index contributed by atoms with van der Waals surface area (Å²) in [5, 5.41) is 20.0. The molecule has 0 aliphatic rings. The van der Waals surface area contributed by atoms with Crippen molar-refractivity contribution >= 4 is 21.0 Å². The van der Waals surface area contributed by atoms with Gasteiger partial charge in [0.05, 0.1) is 6.26 Å². The third-order valence-corrected chi connectivity index (χ3v) is 5.87. The fraction of sp³-hybridized carbons (Fsp3) is 0.391. The Morgan fingerprint density at radius 1 is 1.06 bits per heavy atom. The first-order valence-electron chi connectivity index (χ1n) is 10.2. The predicted octanol–water partition coefficient (Wildman–Crippen LogP) is 3.47. The maximum atomic E-state index is 11.3. The van der Waals surface area contributed by atoms with E-state index in [1.54, 1.807) is 19.1 Å². The lowest BCUT2D eigenvalue weighted by Crippen LogP contribution is -2.44. The van der Waals surface area contributed by atoms with Gasteiger partial charge in [0, 0.05) is 23.6 Å². The summed E-state index contributed by atoms with van der Waals surface area (Å²) in [5.74, 6) is 0.910. The molecule has 0 unspecified atom stereocenters. The quantitative estimate of drug-likeness (QED) is 0.365. The molecule has 0 saturated heterocycles. The molecule has 0 amide bonds. The number of fused-ring (bicyclic) bond motifs is 1. The van der Waals surface area contributed by atoms with Crippen LogP contribution < -0.4 is 8.92 Å². The van der Waals surface area contributed by atoms with Gasteiger partial charge < -0.3 is 23.7 Å². The Bertz CT molecular complexity index is 1120. The van der Waals surface area contributed by atoms with E-state index in [4.69, 9.17) is 8.92 Å². The second-order valence-corrected chi connectivity index (χ2v) is 9.48. The van der Waals surface area contributed by atoms with Crippen LogP contribution in [0.4, 0.5) is 0 Å². The SMILES string of the molecule is CC[C@@](C)(Oc1ccc(CCCn2ccc3cc(OS(C)(=O)=O)ccc32)cc1)C(O)O. The lowest BCUT2D eigenvalue weighted by atomic mass is 10.0. The Hall–Kier alpha value is -2.55. The number of nitrogens with zero attached hydrogens (tertiary/aromatic N) is 1. The molecular weight excluding hydrogens is 418 g/mol. The van der Waals surface area contributed by atoms with Crippen LogP contribution in [0.15, 0.2) is 54.7 Å². The van der Waals surface area contributed by atoms with Gasteiger partial charge in [-0.3, -0.25) is 0 Å². The highest BCUT2D eigenvalue weighted by molar-refractivity contribution is 7.86. The molecule has 0 saturated carbocycles. The molecule has 168 valence electrons. The monoisotopic (exact) mass is 447 g/mol. The van der Waals surface area contributed by atoms with E-state index in [9.17, 15) is 18.6 Å². The molecular formula is C23H29NO6S. The van der Waals surface area contributed by atoms with Crippen molar-refractivity contribution in [3.05, 3.63) is 60.3 Å². The fourth-order valence-electron chi connectivity index (χ4n) is 3.35. The molecule has 1 heterocycles. The van der Waals surface area contributed by atoms with E-state index >= 15 is 0 Å². The topological polar surface area (TPSA) is 98.0 Å². The van der Waals surface area contributed by atoms with Gasteiger partial charge in [0.15, 0.2) is 11.9 Å². The van der Waals surface area contributed by atoms with Crippen molar-refractivity contribution in [2.45, 2.75) is 51.5 Å². The standard InChI is InChI=1S/C23H29NO6S/c1-4-23(2,22(25)26)29-19-9-7-17(8-10-19)6-5-14-24-15-13-18-16-20(11-12-21(18)24)30-31(3,27)28/h7-13,15-16,22,25-26H,4-6,14H2,1-3H3/t23-/m1/s1. The zero-order valence-corrected chi connectivity index (χ0v) is 18.8. The van der Waals surface area contributed by atoms with Gasteiger partial charge in [0.2, 0.25) is 0 Å². The molecule has 2 aromatic carbocycles. The molecule has 31 heavy (non-hydrogen) atoms. The fourth-order valence-corrected chi connectivity index (χ4v) is 3.81. The van der Waals surface area contributed by atoms with Crippen LogP contribution in [0.5, 0.6) is 11.5 Å². The van der Waals surface area contributed by atoms with Crippen molar-refractivity contribution in [1.29, 1.82) is 0 Å². The number of aliphatic hydroxyl groups is 2. The minimum absolute atomic E-state index is 0.308. The van der Waals surface area contributed by atoms with Crippen LogP contribution in [-0.2, 0) is 23.1 Å². The maximum Gasteiger partial charge on any atom is 0.306 e. The smallest absolute Gasteiger partial charge is 0.306 e. The zero-order valence-electron chi connectivity index (χ0n) is 18.0. The summed E-state index contributed by atoms with van der Waals surface area (Å²) < 4.78 is 35.4. The van der Waals surface area contributed by atoms with E-state index in [-0.39, 0.29) is 0 Å². The minimum Gasteiger partial charge on any atom is -0.482 e. The number of hydrogen-bond donors (Lipinski definition) is 2. The number of hydrogen-bond acceptors (Lipinski definition) is 6. The Labute approximate surface area is 183 Å². The highest BCUT2D eigenvalue weighted by atomic mass is 32.2. The van der Waals surface area contributed by atoms with Crippen molar-refractivity contribution in [3.8, 4) is 11.5 Å². The predicted molar refractivity (Wildman–Crippen MR) is 120 cm³/mol. The third kappa shape index (κ3) is 6.00. The molecule has 0 spiro atoms. The number of rotatable bonds is 10. The zero-order chi connectivity index (χ0) is 22.6. The number of benzene rings is 2. The average molecular weight is 448 g/mol. The van der Waals surface area contributed by atoms with Crippen LogP contribution in [0.3, 0.4) is 0 Å². The summed E-state index contributed by atoms with van der Waals surface area (Å²) in [6, 6.07) is 14.8. The normalized spacial score (nSPS) is 14.0. The van der Waals surface area contributed by atoms with Crippen molar-refractivity contribution in [3.63, 3.8) is 0 Å². The van der Waals surface area contributed by atoms with E-state index in [0.29, 0.717) is 17.9 Å². The summed E-state index contributed by atoms with van der Waals surface area (Å²) in [7, 11) is -3.54. The summed E-state index contributed by atoms with van der Waals surface area (Å²) >= 11 is 0. The van der Waals surface area contributed by atoms with Gasteiger partial charge in [-0.05, 0) is 68.1 Å². The van der Waals surface area contributed by atoms with Crippen LogP contribution in [0.1, 0.15) is 32.3 Å². The first-order valence-corrected chi connectivity index (χ1v) is 12.0. The second kappa shape index (κ2) is 9.30. The van der Waals surface area contributed by atoms with Crippen LogP contribution in [-0.4, -0.2) is 41.3 Å². The van der Waals surface area contributed by atoms with Crippen molar-refractivity contribution in [1.82, 2.24) is 4.57 Å². The van der Waals surface area contributed by atoms with Gasteiger partial charge in [0.25, 0.3) is 0 Å². The molecule has 1 aromatic heterocycles. The molecule has 8 heteroatoms. The van der Waals surface area contributed by atoms with Crippen molar-refractivity contribution in [2.24, 2.45) is 0 Å². The minimum atomic E-state index is -3.54. The molecule has 3 rings (SSSR count). The van der Waals surface area contributed by atoms with Gasteiger partial charge in [-0.15, -0.1) is 0 Å². The number of aliphatic hydroxyl groups excluding tert-OH is 1. The van der Waals surface area contributed by atoms with E-state index in [0.717, 1.165) is 42.1 Å². The summed E-state index contributed by atoms with van der Waals surface area (Å²) in [6.07, 6.45) is 3.73. The van der Waals surface area contributed by atoms with Gasteiger partial charge >= 0.3 is 10.1 Å². The molecule has 0 fully saturated rings. The summed E-state index contributed by atoms with van der Waals surface area (Å²) in [6.45, 7) is 4.33. The lowest BCUT2D eigenvalue weighted by Gasteiger charge is -2.31. The molecule has 3 aromatic rings. The number of aryl methyl sites for hydroxylation is 2. The van der Waals surface area contributed by atoms with Gasteiger partial charge in [-0.2, -0.15) is 8.42 Å². The summed E-state index contributed by atoms with van der Waals surface area (Å²) in [4.78, 5) is 0.